The van der Waals surface area contributed by atoms with Gasteiger partial charge in [0.15, 0.2) is 0 Å². The van der Waals surface area contributed by atoms with E-state index in [0.29, 0.717) is 0 Å². The van der Waals surface area contributed by atoms with Gasteiger partial charge in [0.2, 0.25) is 0 Å². The molecule has 0 bridgehead atoms. The highest BCUT2D eigenvalue weighted by Gasteiger charge is 2.18. The first-order valence-electron chi connectivity index (χ1n) is 6.06. The fourth-order valence-electron chi connectivity index (χ4n) is 2.24. The summed E-state index contributed by atoms with van der Waals surface area (Å²) < 4.78 is 5.41. The van der Waals surface area contributed by atoms with E-state index in [-0.39, 0.29) is 0 Å². The number of piperazine rings is 1. The van der Waals surface area contributed by atoms with E-state index in [4.69, 9.17) is 4.74 Å². The molecule has 1 saturated heterocycles. The minimum absolute atomic E-state index is 0.939. The van der Waals surface area contributed by atoms with E-state index < -0.39 is 0 Å². The Morgan fingerprint density at radius 1 is 1.18 bits per heavy atom. The molecule has 1 aliphatic heterocycles. The van der Waals surface area contributed by atoms with Gasteiger partial charge in [-0.3, -0.25) is 4.90 Å². The van der Waals surface area contributed by atoms with Crippen molar-refractivity contribution in [3.05, 3.63) is 24.3 Å². The van der Waals surface area contributed by atoms with Crippen LogP contribution in [0.4, 0.5) is 5.69 Å². The number of para-hydroxylation sites is 2. The van der Waals surface area contributed by atoms with E-state index in [1.165, 1.54) is 5.69 Å². The van der Waals surface area contributed by atoms with Crippen molar-refractivity contribution in [2.45, 2.75) is 0 Å². The second-order valence-electron chi connectivity index (χ2n) is 4.22. The van der Waals surface area contributed by atoms with Crippen molar-refractivity contribution in [3.8, 4) is 5.75 Å². The van der Waals surface area contributed by atoms with Gasteiger partial charge in [-0.1, -0.05) is 12.1 Å². The fraction of sp³-hybridized carbons (Fsp3) is 0.538. The van der Waals surface area contributed by atoms with Gasteiger partial charge in [0.25, 0.3) is 0 Å². The Morgan fingerprint density at radius 3 is 2.53 bits per heavy atom. The largest absolute Gasteiger partial charge is 0.495 e. The van der Waals surface area contributed by atoms with Crippen LogP contribution in [-0.2, 0) is 0 Å². The molecule has 17 heavy (non-hydrogen) atoms. The highest BCUT2D eigenvalue weighted by atomic mass is 32.1. The van der Waals surface area contributed by atoms with Gasteiger partial charge in [-0.25, -0.2) is 0 Å². The van der Waals surface area contributed by atoms with Crippen LogP contribution in [0.1, 0.15) is 0 Å². The predicted molar refractivity (Wildman–Crippen MR) is 75.5 cm³/mol. The maximum Gasteiger partial charge on any atom is 0.142 e. The van der Waals surface area contributed by atoms with Crippen molar-refractivity contribution in [3.63, 3.8) is 0 Å². The van der Waals surface area contributed by atoms with E-state index in [1.807, 2.05) is 12.1 Å². The molecule has 1 aromatic rings. The molecule has 94 valence electrons. The number of hydrogen-bond acceptors (Lipinski definition) is 4. The molecule has 1 heterocycles. The minimum Gasteiger partial charge on any atom is -0.495 e. The summed E-state index contributed by atoms with van der Waals surface area (Å²) in [6.45, 7) is 5.43. The third-order valence-corrected chi connectivity index (χ3v) is 3.41. The zero-order valence-electron chi connectivity index (χ0n) is 10.3. The minimum atomic E-state index is 0.939. The predicted octanol–water partition coefficient (Wildman–Crippen LogP) is 1.75. The van der Waals surface area contributed by atoms with E-state index in [9.17, 15) is 0 Å². The molecule has 3 nitrogen and oxygen atoms in total. The van der Waals surface area contributed by atoms with Crippen LogP contribution in [0.2, 0.25) is 0 Å². The van der Waals surface area contributed by atoms with Gasteiger partial charge in [0.05, 0.1) is 12.8 Å². The molecule has 0 atom stereocenters. The summed E-state index contributed by atoms with van der Waals surface area (Å²) in [7, 11) is 1.73. The van der Waals surface area contributed by atoms with Crippen LogP contribution in [0.3, 0.4) is 0 Å². The van der Waals surface area contributed by atoms with Gasteiger partial charge in [-0.2, -0.15) is 12.6 Å². The number of rotatable bonds is 4. The molecular weight excluding hydrogens is 232 g/mol. The number of nitrogens with zero attached hydrogens (tertiary/aromatic N) is 2. The molecule has 0 spiro atoms. The van der Waals surface area contributed by atoms with Crippen LogP contribution in [0.5, 0.6) is 5.75 Å². The van der Waals surface area contributed by atoms with Crippen LogP contribution in [0.15, 0.2) is 24.3 Å². The molecule has 1 aliphatic rings. The highest BCUT2D eigenvalue weighted by Crippen LogP contribution is 2.28. The van der Waals surface area contributed by atoms with Gasteiger partial charge in [0.1, 0.15) is 5.75 Å². The third kappa shape index (κ3) is 3.07. The van der Waals surface area contributed by atoms with Gasteiger partial charge in [0, 0.05) is 38.5 Å². The lowest BCUT2D eigenvalue weighted by molar-refractivity contribution is 0.272. The number of ether oxygens (including phenoxy) is 1. The number of anilines is 1. The summed E-state index contributed by atoms with van der Waals surface area (Å²) in [5.74, 6) is 1.91. The molecule has 1 aromatic carbocycles. The summed E-state index contributed by atoms with van der Waals surface area (Å²) in [5, 5.41) is 0. The zero-order valence-corrected chi connectivity index (χ0v) is 11.2. The molecule has 4 heteroatoms. The summed E-state index contributed by atoms with van der Waals surface area (Å²) in [6.07, 6.45) is 0. The third-order valence-electron chi connectivity index (χ3n) is 3.21. The van der Waals surface area contributed by atoms with Crippen LogP contribution in [0, 0.1) is 0 Å². The smallest absolute Gasteiger partial charge is 0.142 e. The van der Waals surface area contributed by atoms with Crippen molar-refractivity contribution in [2.75, 3.05) is 50.5 Å². The monoisotopic (exact) mass is 252 g/mol. The average Bonchev–Trinajstić information content (AvgIpc) is 2.40. The lowest BCUT2D eigenvalue weighted by atomic mass is 10.2. The first-order valence-corrected chi connectivity index (χ1v) is 6.69. The SMILES string of the molecule is COc1ccccc1N1CCN(CCS)CC1. The standard InChI is InChI=1S/C13H20N2OS/c1-16-13-5-3-2-4-12(13)15-8-6-14(7-9-15)10-11-17/h2-5,17H,6-11H2,1H3. The second-order valence-corrected chi connectivity index (χ2v) is 4.67. The topological polar surface area (TPSA) is 15.7 Å². The van der Waals surface area contributed by atoms with E-state index in [2.05, 4.69) is 34.6 Å². The lowest BCUT2D eigenvalue weighted by Crippen LogP contribution is -2.47. The Labute approximate surface area is 109 Å². The fourth-order valence-corrected chi connectivity index (χ4v) is 2.53. The lowest BCUT2D eigenvalue weighted by Gasteiger charge is -2.36. The first kappa shape index (κ1) is 12.6. The first-order chi connectivity index (χ1) is 8.35. The Morgan fingerprint density at radius 2 is 1.88 bits per heavy atom. The maximum absolute atomic E-state index is 5.41. The molecule has 0 radical (unpaired) electrons. The quantitative estimate of drug-likeness (QED) is 0.822. The van der Waals surface area contributed by atoms with E-state index in [1.54, 1.807) is 7.11 Å². The number of thiol groups is 1. The van der Waals surface area contributed by atoms with Crippen molar-refractivity contribution in [1.29, 1.82) is 0 Å². The summed E-state index contributed by atoms with van der Waals surface area (Å²) in [5.41, 5.74) is 1.21. The summed E-state index contributed by atoms with van der Waals surface area (Å²) >= 11 is 4.28. The number of hydrogen-bond donors (Lipinski definition) is 1. The molecule has 0 unspecified atom stereocenters. The normalized spacial score (nSPS) is 17.2. The molecule has 2 rings (SSSR count). The van der Waals surface area contributed by atoms with Crippen molar-refractivity contribution in [1.82, 2.24) is 4.90 Å². The maximum atomic E-state index is 5.41. The van der Waals surface area contributed by atoms with Gasteiger partial charge >= 0.3 is 0 Å². The molecule has 0 aromatic heterocycles. The van der Waals surface area contributed by atoms with Crippen LogP contribution >= 0.6 is 12.6 Å². The molecule has 1 fully saturated rings. The molecular formula is C13H20N2OS. The van der Waals surface area contributed by atoms with Crippen molar-refractivity contribution >= 4 is 18.3 Å². The van der Waals surface area contributed by atoms with Crippen molar-refractivity contribution in [2.24, 2.45) is 0 Å². The molecule has 0 N–H and O–H groups in total. The average molecular weight is 252 g/mol. The summed E-state index contributed by atoms with van der Waals surface area (Å²) in [6, 6.07) is 8.24. The molecule has 0 amide bonds. The Kier molecular flexibility index (Phi) is 4.57. The van der Waals surface area contributed by atoms with E-state index >= 15 is 0 Å². The van der Waals surface area contributed by atoms with Crippen molar-refractivity contribution < 1.29 is 4.74 Å². The van der Waals surface area contributed by atoms with E-state index in [0.717, 1.165) is 44.2 Å². The molecule has 0 saturated carbocycles. The number of methoxy groups -OCH3 is 1. The molecule has 0 aliphatic carbocycles. The zero-order chi connectivity index (χ0) is 12.1. The Balaban J connectivity index is 2.00. The van der Waals surface area contributed by atoms with Crippen LogP contribution in [-0.4, -0.2) is 50.5 Å². The summed E-state index contributed by atoms with van der Waals surface area (Å²) in [4.78, 5) is 4.85. The Bertz CT molecular complexity index is 351. The highest BCUT2D eigenvalue weighted by molar-refractivity contribution is 7.80. The van der Waals surface area contributed by atoms with Crippen LogP contribution < -0.4 is 9.64 Å². The van der Waals surface area contributed by atoms with Gasteiger partial charge in [-0.15, -0.1) is 0 Å². The van der Waals surface area contributed by atoms with Gasteiger partial charge in [-0.05, 0) is 12.1 Å². The number of benzene rings is 1. The van der Waals surface area contributed by atoms with Gasteiger partial charge < -0.3 is 9.64 Å². The van der Waals surface area contributed by atoms with Crippen LogP contribution in [0.25, 0.3) is 0 Å². The second kappa shape index (κ2) is 6.17. The Hall–Kier alpha value is -0.870.